The molecule has 0 aliphatic heterocycles. The number of ether oxygens (including phenoxy) is 1. The van der Waals surface area contributed by atoms with E-state index in [1.165, 1.54) is 7.11 Å². The first-order valence-electron chi connectivity index (χ1n) is 6.53. The zero-order chi connectivity index (χ0) is 15.9. The van der Waals surface area contributed by atoms with Gasteiger partial charge in [-0.1, -0.05) is 12.1 Å². The molecule has 2 rings (SSSR count). The molecule has 6 heteroatoms. The number of carbonyl (C=O) groups excluding carboxylic acids is 2. The molecule has 0 bridgehead atoms. The van der Waals surface area contributed by atoms with Gasteiger partial charge in [0.2, 0.25) is 0 Å². The Hall–Kier alpha value is -2.86. The maximum absolute atomic E-state index is 12.2. The van der Waals surface area contributed by atoms with E-state index in [0.717, 1.165) is 0 Å². The highest BCUT2D eigenvalue weighted by Crippen LogP contribution is 2.17. The van der Waals surface area contributed by atoms with Gasteiger partial charge in [0.25, 0.3) is 11.8 Å². The first kappa shape index (κ1) is 15.5. The molecule has 0 saturated heterocycles. The van der Waals surface area contributed by atoms with Crippen LogP contribution in [-0.4, -0.2) is 26.0 Å². The van der Waals surface area contributed by atoms with Crippen molar-refractivity contribution in [2.24, 2.45) is 0 Å². The minimum absolute atomic E-state index is 0.311. The summed E-state index contributed by atoms with van der Waals surface area (Å²) in [6.45, 7) is 0. The summed E-state index contributed by atoms with van der Waals surface area (Å²) < 4.78 is 5.05. The molecule has 2 amide bonds. The van der Waals surface area contributed by atoms with Gasteiger partial charge in [-0.05, 0) is 36.4 Å². The topological polar surface area (TPSA) is 76.7 Å². The molecule has 0 aliphatic rings. The van der Waals surface area contributed by atoms with Crippen LogP contribution in [0.2, 0.25) is 0 Å². The predicted molar refractivity (Wildman–Crippen MR) is 81.9 cm³/mol. The lowest BCUT2D eigenvalue weighted by atomic mass is 10.1. The number of nitrogens with one attached hydrogen (secondary N) is 2. The van der Waals surface area contributed by atoms with E-state index < -0.39 is 5.91 Å². The van der Waals surface area contributed by atoms with Crippen LogP contribution in [0.4, 0.5) is 5.69 Å². The molecule has 0 atom stereocenters. The van der Waals surface area contributed by atoms with Crippen LogP contribution in [0.25, 0.3) is 0 Å². The van der Waals surface area contributed by atoms with Gasteiger partial charge >= 0.3 is 0 Å². The summed E-state index contributed by atoms with van der Waals surface area (Å²) in [5.74, 6) is -0.0927. The number of methoxy groups -OCH3 is 1. The Labute approximate surface area is 128 Å². The zero-order valence-electron chi connectivity index (χ0n) is 12.3. The molecule has 2 N–H and O–H groups in total. The van der Waals surface area contributed by atoms with E-state index in [2.05, 4.69) is 15.6 Å². The number of anilines is 1. The number of hydrogen-bond acceptors (Lipinski definition) is 4. The van der Waals surface area contributed by atoms with Gasteiger partial charge in [-0.3, -0.25) is 14.4 Å². The average Bonchev–Trinajstić information content (AvgIpc) is 2.55. The molecule has 0 saturated carbocycles. The molecule has 114 valence electrons. The van der Waals surface area contributed by atoms with E-state index in [9.17, 15) is 9.59 Å². The second kappa shape index (κ2) is 7.24. The van der Waals surface area contributed by atoms with Crippen LogP contribution in [0, 0.1) is 0 Å². The molecule has 22 heavy (non-hydrogen) atoms. The number of carbonyl (C=O) groups is 2. The Bertz CT molecular complexity index is 668. The van der Waals surface area contributed by atoms with E-state index in [0.29, 0.717) is 22.6 Å². The van der Waals surface area contributed by atoms with E-state index in [-0.39, 0.29) is 5.91 Å². The Morgan fingerprint density at radius 1 is 0.909 bits per heavy atom. The third kappa shape index (κ3) is 3.62. The van der Waals surface area contributed by atoms with Crippen molar-refractivity contribution >= 4 is 17.5 Å². The lowest BCUT2D eigenvalue weighted by Gasteiger charge is -2.10. The van der Waals surface area contributed by atoms with Crippen molar-refractivity contribution in [1.82, 2.24) is 5.48 Å². The van der Waals surface area contributed by atoms with Crippen LogP contribution >= 0.6 is 0 Å². The average molecular weight is 300 g/mol. The highest BCUT2D eigenvalue weighted by molar-refractivity contribution is 6.08. The van der Waals surface area contributed by atoms with Gasteiger partial charge in [0, 0.05) is 5.56 Å². The van der Waals surface area contributed by atoms with Crippen LogP contribution in [0.15, 0.2) is 48.5 Å². The first-order valence-corrected chi connectivity index (χ1v) is 6.53. The Morgan fingerprint density at radius 2 is 1.59 bits per heavy atom. The predicted octanol–water partition coefficient (Wildman–Crippen LogP) is 2.24. The van der Waals surface area contributed by atoms with Crippen molar-refractivity contribution in [3.8, 4) is 5.75 Å². The first-order chi connectivity index (χ1) is 10.7. The van der Waals surface area contributed by atoms with E-state index in [1.54, 1.807) is 55.6 Å². The minimum atomic E-state index is -0.437. The Balaban J connectivity index is 2.19. The van der Waals surface area contributed by atoms with E-state index in [1.807, 2.05) is 0 Å². The molecule has 0 aliphatic carbocycles. The van der Waals surface area contributed by atoms with E-state index in [4.69, 9.17) is 4.74 Å². The van der Waals surface area contributed by atoms with Crippen LogP contribution in [0.5, 0.6) is 5.75 Å². The summed E-state index contributed by atoms with van der Waals surface area (Å²) in [6.07, 6.45) is 0. The summed E-state index contributed by atoms with van der Waals surface area (Å²) in [6, 6.07) is 13.3. The molecule has 0 fully saturated rings. The second-order valence-corrected chi connectivity index (χ2v) is 4.36. The maximum atomic E-state index is 12.2. The molecule has 2 aromatic carbocycles. The van der Waals surface area contributed by atoms with Crippen molar-refractivity contribution in [1.29, 1.82) is 0 Å². The Kier molecular flexibility index (Phi) is 5.11. The van der Waals surface area contributed by atoms with Crippen LogP contribution in [0.3, 0.4) is 0 Å². The van der Waals surface area contributed by atoms with Crippen LogP contribution in [-0.2, 0) is 4.84 Å². The number of amides is 2. The van der Waals surface area contributed by atoms with Gasteiger partial charge in [-0.25, -0.2) is 5.48 Å². The fourth-order valence-electron chi connectivity index (χ4n) is 1.87. The SMILES string of the molecule is CONC(=O)c1ccccc1NC(=O)c1ccc(OC)cc1. The Morgan fingerprint density at radius 3 is 2.23 bits per heavy atom. The lowest BCUT2D eigenvalue weighted by Crippen LogP contribution is -2.24. The largest absolute Gasteiger partial charge is 0.497 e. The van der Waals surface area contributed by atoms with Crippen LogP contribution < -0.4 is 15.5 Å². The molecule has 0 unspecified atom stereocenters. The van der Waals surface area contributed by atoms with Gasteiger partial charge in [-0.2, -0.15) is 0 Å². The standard InChI is InChI=1S/C16H16N2O4/c1-21-12-9-7-11(8-10-12)15(19)17-14-6-4-3-5-13(14)16(20)18-22-2/h3-10H,1-2H3,(H,17,19)(H,18,20). The zero-order valence-corrected chi connectivity index (χ0v) is 12.3. The third-order valence-corrected chi connectivity index (χ3v) is 2.97. The van der Waals surface area contributed by atoms with Gasteiger partial charge in [0.15, 0.2) is 0 Å². The summed E-state index contributed by atoms with van der Waals surface area (Å²) in [5.41, 5.74) is 3.40. The number of hydrogen-bond donors (Lipinski definition) is 2. The van der Waals surface area contributed by atoms with Gasteiger partial charge in [0.05, 0.1) is 25.5 Å². The van der Waals surface area contributed by atoms with Crippen molar-refractivity contribution in [3.63, 3.8) is 0 Å². The molecular weight excluding hydrogens is 284 g/mol. The smallest absolute Gasteiger partial charge is 0.276 e. The summed E-state index contributed by atoms with van der Waals surface area (Å²) >= 11 is 0. The molecule has 0 radical (unpaired) electrons. The quantitative estimate of drug-likeness (QED) is 0.830. The summed E-state index contributed by atoms with van der Waals surface area (Å²) in [5, 5.41) is 2.71. The number of rotatable bonds is 5. The monoisotopic (exact) mass is 300 g/mol. The fraction of sp³-hybridized carbons (Fsp3) is 0.125. The molecular formula is C16H16N2O4. The number of benzene rings is 2. The summed E-state index contributed by atoms with van der Waals surface area (Å²) in [4.78, 5) is 28.7. The van der Waals surface area contributed by atoms with Crippen molar-refractivity contribution < 1.29 is 19.2 Å². The minimum Gasteiger partial charge on any atom is -0.497 e. The van der Waals surface area contributed by atoms with Crippen LogP contribution in [0.1, 0.15) is 20.7 Å². The molecule has 0 aromatic heterocycles. The van der Waals surface area contributed by atoms with Gasteiger partial charge < -0.3 is 10.1 Å². The van der Waals surface area contributed by atoms with Crippen molar-refractivity contribution in [2.45, 2.75) is 0 Å². The maximum Gasteiger partial charge on any atom is 0.276 e. The lowest BCUT2D eigenvalue weighted by molar-refractivity contribution is 0.0538. The molecule has 6 nitrogen and oxygen atoms in total. The fourth-order valence-corrected chi connectivity index (χ4v) is 1.87. The molecule has 0 heterocycles. The second-order valence-electron chi connectivity index (χ2n) is 4.36. The normalized spacial score (nSPS) is 9.91. The van der Waals surface area contributed by atoms with E-state index >= 15 is 0 Å². The highest BCUT2D eigenvalue weighted by atomic mass is 16.6. The van der Waals surface area contributed by atoms with Crippen molar-refractivity contribution in [2.75, 3.05) is 19.5 Å². The van der Waals surface area contributed by atoms with Crippen molar-refractivity contribution in [3.05, 3.63) is 59.7 Å². The molecule has 0 spiro atoms. The van der Waals surface area contributed by atoms with Gasteiger partial charge in [-0.15, -0.1) is 0 Å². The number of hydroxylamine groups is 1. The number of para-hydroxylation sites is 1. The summed E-state index contributed by atoms with van der Waals surface area (Å²) in [7, 11) is 2.90. The highest BCUT2D eigenvalue weighted by Gasteiger charge is 2.13. The third-order valence-electron chi connectivity index (χ3n) is 2.97. The molecule has 2 aromatic rings. The van der Waals surface area contributed by atoms with Gasteiger partial charge in [0.1, 0.15) is 5.75 Å².